The third-order valence-electron chi connectivity index (χ3n) is 3.76. The van der Waals surface area contributed by atoms with Crippen LogP contribution in [0.4, 0.5) is 0 Å². The van der Waals surface area contributed by atoms with Crippen molar-refractivity contribution in [3.8, 4) is 5.75 Å². The van der Waals surface area contributed by atoms with Gasteiger partial charge < -0.3 is 9.47 Å². The molecule has 2 rings (SSSR count). The van der Waals surface area contributed by atoms with Gasteiger partial charge in [0.15, 0.2) is 0 Å². The Balaban J connectivity index is 2.20. The lowest BCUT2D eigenvalue weighted by Gasteiger charge is -2.23. The van der Waals surface area contributed by atoms with Gasteiger partial charge in [0.05, 0.1) is 13.7 Å². The summed E-state index contributed by atoms with van der Waals surface area (Å²) in [5.41, 5.74) is 1.74. The van der Waals surface area contributed by atoms with E-state index in [1.165, 1.54) is 7.11 Å². The number of hydrogen-bond acceptors (Lipinski definition) is 4. The normalized spacial score (nSPS) is 13.2. The fourth-order valence-electron chi connectivity index (χ4n) is 2.48. The summed E-state index contributed by atoms with van der Waals surface area (Å²) in [5.74, 6) is 0.449. The molecule has 0 radical (unpaired) electrons. The van der Waals surface area contributed by atoms with E-state index < -0.39 is 6.04 Å². The van der Waals surface area contributed by atoms with E-state index in [0.29, 0.717) is 17.2 Å². The Kier molecular flexibility index (Phi) is 6.64. The Morgan fingerprint density at radius 3 is 2.42 bits per heavy atom. The van der Waals surface area contributed by atoms with Crippen molar-refractivity contribution in [1.82, 2.24) is 5.32 Å². The Bertz CT molecular complexity index is 673. The molecule has 0 fully saturated rings. The van der Waals surface area contributed by atoms with Crippen molar-refractivity contribution in [3.63, 3.8) is 0 Å². The smallest absolute Gasteiger partial charge is 0.327 e. The highest BCUT2D eigenvalue weighted by Gasteiger charge is 2.25. The molecule has 0 saturated carbocycles. The molecule has 0 spiro atoms. The molecule has 2 unspecified atom stereocenters. The first kappa shape index (κ1) is 18.3. The SMILES string of the molecule is CCOc1ccc(C(C)NC(C(=O)OC)c2ccccc2Cl)cc1. The van der Waals surface area contributed by atoms with Crippen LogP contribution in [0.5, 0.6) is 5.75 Å². The second-order valence-corrected chi connectivity index (χ2v) is 5.78. The number of methoxy groups -OCH3 is 1. The van der Waals surface area contributed by atoms with Crippen LogP contribution in [-0.2, 0) is 9.53 Å². The number of ether oxygens (including phenoxy) is 2. The molecule has 0 aliphatic rings. The van der Waals surface area contributed by atoms with Crippen LogP contribution in [0, 0.1) is 0 Å². The van der Waals surface area contributed by atoms with E-state index in [1.807, 2.05) is 56.3 Å². The molecule has 5 heteroatoms. The lowest BCUT2D eigenvalue weighted by atomic mass is 10.0. The molecule has 2 atom stereocenters. The average Bonchev–Trinajstić information content (AvgIpc) is 2.60. The minimum atomic E-state index is -0.634. The van der Waals surface area contributed by atoms with Gasteiger partial charge >= 0.3 is 5.97 Å². The predicted octanol–water partition coefficient (Wildman–Crippen LogP) is 4.30. The van der Waals surface area contributed by atoms with Gasteiger partial charge in [-0.2, -0.15) is 0 Å². The first-order chi connectivity index (χ1) is 11.6. The Morgan fingerprint density at radius 1 is 1.17 bits per heavy atom. The van der Waals surface area contributed by atoms with Crippen LogP contribution in [0.1, 0.15) is 37.1 Å². The first-order valence-corrected chi connectivity index (χ1v) is 8.25. The van der Waals surface area contributed by atoms with Crippen LogP contribution in [0.25, 0.3) is 0 Å². The molecule has 4 nitrogen and oxygen atoms in total. The van der Waals surface area contributed by atoms with E-state index in [4.69, 9.17) is 21.1 Å². The number of rotatable bonds is 7. The monoisotopic (exact) mass is 347 g/mol. The second kappa shape index (κ2) is 8.71. The number of hydrogen-bond donors (Lipinski definition) is 1. The van der Waals surface area contributed by atoms with Crippen LogP contribution >= 0.6 is 11.6 Å². The van der Waals surface area contributed by atoms with Gasteiger partial charge in [0.1, 0.15) is 11.8 Å². The Morgan fingerprint density at radius 2 is 1.83 bits per heavy atom. The summed E-state index contributed by atoms with van der Waals surface area (Å²) >= 11 is 6.24. The molecule has 0 aliphatic heterocycles. The van der Waals surface area contributed by atoms with E-state index in [0.717, 1.165) is 11.3 Å². The zero-order chi connectivity index (χ0) is 17.5. The molecule has 128 valence electrons. The van der Waals surface area contributed by atoms with Crippen molar-refractivity contribution in [2.45, 2.75) is 25.9 Å². The highest BCUT2D eigenvalue weighted by atomic mass is 35.5. The zero-order valence-electron chi connectivity index (χ0n) is 14.1. The summed E-state index contributed by atoms with van der Waals surface area (Å²) in [6.45, 7) is 4.56. The van der Waals surface area contributed by atoms with Gasteiger partial charge in [-0.1, -0.05) is 41.9 Å². The fraction of sp³-hybridized carbons (Fsp3) is 0.316. The van der Waals surface area contributed by atoms with Gasteiger partial charge in [-0.05, 0) is 43.2 Å². The van der Waals surface area contributed by atoms with Crippen LogP contribution in [0.3, 0.4) is 0 Å². The Labute approximate surface area is 147 Å². The molecule has 0 heterocycles. The summed E-state index contributed by atoms with van der Waals surface area (Å²) in [6.07, 6.45) is 0. The second-order valence-electron chi connectivity index (χ2n) is 5.37. The maximum Gasteiger partial charge on any atom is 0.327 e. The largest absolute Gasteiger partial charge is 0.494 e. The van der Waals surface area contributed by atoms with Crippen molar-refractivity contribution in [2.75, 3.05) is 13.7 Å². The minimum absolute atomic E-state index is 0.0685. The number of halogens is 1. The number of esters is 1. The van der Waals surface area contributed by atoms with E-state index in [1.54, 1.807) is 6.07 Å². The summed E-state index contributed by atoms with van der Waals surface area (Å²) < 4.78 is 10.4. The highest BCUT2D eigenvalue weighted by Crippen LogP contribution is 2.27. The van der Waals surface area contributed by atoms with Crippen LogP contribution in [0.15, 0.2) is 48.5 Å². The van der Waals surface area contributed by atoms with Gasteiger partial charge in [-0.15, -0.1) is 0 Å². The Hall–Kier alpha value is -2.04. The summed E-state index contributed by atoms with van der Waals surface area (Å²) in [4.78, 5) is 12.2. The van der Waals surface area contributed by atoms with Crippen LogP contribution in [0.2, 0.25) is 5.02 Å². The molecular weight excluding hydrogens is 326 g/mol. The van der Waals surface area contributed by atoms with Gasteiger partial charge in [0.25, 0.3) is 0 Å². The average molecular weight is 348 g/mol. The van der Waals surface area contributed by atoms with Gasteiger partial charge in [-0.3, -0.25) is 5.32 Å². The molecule has 0 aliphatic carbocycles. The van der Waals surface area contributed by atoms with E-state index >= 15 is 0 Å². The zero-order valence-corrected chi connectivity index (χ0v) is 14.8. The van der Waals surface area contributed by atoms with Crippen molar-refractivity contribution < 1.29 is 14.3 Å². The molecule has 2 aromatic rings. The number of benzene rings is 2. The van der Waals surface area contributed by atoms with Crippen LogP contribution in [-0.4, -0.2) is 19.7 Å². The topological polar surface area (TPSA) is 47.6 Å². The van der Waals surface area contributed by atoms with E-state index in [2.05, 4.69) is 5.32 Å². The lowest BCUT2D eigenvalue weighted by molar-refractivity contribution is -0.143. The summed E-state index contributed by atoms with van der Waals surface area (Å²) in [6, 6.07) is 14.3. The molecule has 24 heavy (non-hydrogen) atoms. The van der Waals surface area contributed by atoms with Crippen molar-refractivity contribution >= 4 is 17.6 Å². The molecule has 0 amide bonds. The van der Waals surface area contributed by atoms with Crippen molar-refractivity contribution in [2.24, 2.45) is 0 Å². The van der Waals surface area contributed by atoms with Crippen molar-refractivity contribution in [3.05, 3.63) is 64.7 Å². The molecule has 0 aromatic heterocycles. The minimum Gasteiger partial charge on any atom is -0.494 e. The first-order valence-electron chi connectivity index (χ1n) is 7.87. The number of carbonyl (C=O) groups excluding carboxylic acids is 1. The van der Waals surface area contributed by atoms with E-state index in [-0.39, 0.29) is 12.0 Å². The van der Waals surface area contributed by atoms with Gasteiger partial charge in [-0.25, -0.2) is 4.79 Å². The lowest BCUT2D eigenvalue weighted by Crippen LogP contribution is -2.32. The highest BCUT2D eigenvalue weighted by molar-refractivity contribution is 6.31. The number of carbonyl (C=O) groups is 1. The summed E-state index contributed by atoms with van der Waals surface area (Å²) in [5, 5.41) is 3.82. The fourth-order valence-corrected chi connectivity index (χ4v) is 2.72. The molecule has 1 N–H and O–H groups in total. The molecule has 0 saturated heterocycles. The predicted molar refractivity (Wildman–Crippen MR) is 95.4 cm³/mol. The molecule has 0 bridgehead atoms. The third-order valence-corrected chi connectivity index (χ3v) is 4.11. The molecular formula is C19H22ClNO3. The maximum atomic E-state index is 12.2. The van der Waals surface area contributed by atoms with Crippen molar-refractivity contribution in [1.29, 1.82) is 0 Å². The third kappa shape index (κ3) is 4.49. The van der Waals surface area contributed by atoms with Crippen LogP contribution < -0.4 is 10.1 Å². The number of nitrogens with one attached hydrogen (secondary N) is 1. The van der Waals surface area contributed by atoms with Gasteiger partial charge in [0, 0.05) is 11.1 Å². The summed E-state index contributed by atoms with van der Waals surface area (Å²) in [7, 11) is 1.37. The van der Waals surface area contributed by atoms with Gasteiger partial charge in [0.2, 0.25) is 0 Å². The quantitative estimate of drug-likeness (QED) is 0.758. The molecule has 2 aromatic carbocycles. The maximum absolute atomic E-state index is 12.2. The standard InChI is InChI=1S/C19H22ClNO3/c1-4-24-15-11-9-14(10-12-15)13(2)21-18(19(22)23-3)16-7-5-6-8-17(16)20/h5-13,18,21H,4H2,1-3H3. The van der Waals surface area contributed by atoms with E-state index in [9.17, 15) is 4.79 Å².